The van der Waals surface area contributed by atoms with E-state index >= 15 is 0 Å². The van der Waals surface area contributed by atoms with Crippen molar-refractivity contribution in [3.63, 3.8) is 0 Å². The first-order valence-electron chi connectivity index (χ1n) is 12.7. The number of ether oxygens (including phenoxy) is 2. The van der Waals surface area contributed by atoms with Gasteiger partial charge in [0.1, 0.15) is 17.1 Å². The number of phenols is 1. The van der Waals surface area contributed by atoms with Gasteiger partial charge in [-0.1, -0.05) is 32.1 Å². The summed E-state index contributed by atoms with van der Waals surface area (Å²) in [7, 11) is 3.13. The smallest absolute Gasteiger partial charge is 0.274 e. The van der Waals surface area contributed by atoms with E-state index in [2.05, 4.69) is 10.1 Å². The predicted molar refractivity (Wildman–Crippen MR) is 142 cm³/mol. The maximum atomic E-state index is 13.6. The van der Waals surface area contributed by atoms with Crippen molar-refractivity contribution in [2.24, 2.45) is 0 Å². The van der Waals surface area contributed by atoms with Gasteiger partial charge in [-0.05, 0) is 37.1 Å². The number of aromatic amines is 2. The Balaban J connectivity index is 1.74. The molecule has 5 aromatic rings. The monoisotopic (exact) mass is 503 g/mol. The van der Waals surface area contributed by atoms with Crippen molar-refractivity contribution in [1.82, 2.24) is 14.8 Å². The van der Waals surface area contributed by atoms with Gasteiger partial charge < -0.3 is 24.0 Å². The highest BCUT2D eigenvalue weighted by Crippen LogP contribution is 2.44. The van der Waals surface area contributed by atoms with E-state index in [1.165, 1.54) is 25.3 Å². The molecular weight excluding hydrogens is 474 g/mol. The third-order valence-corrected chi connectivity index (χ3v) is 7.56. The van der Waals surface area contributed by atoms with Gasteiger partial charge in [-0.15, -0.1) is 0 Å². The van der Waals surface area contributed by atoms with Crippen molar-refractivity contribution in [1.29, 1.82) is 0 Å². The standard InChI is InChI=1S/C28H29N3O6/c1-35-16-10-11-17(20(14-16)36-2)21-22-27(31(30-28(22)34)15-8-6-4-3-5-7-9-15)29-23-18-12-13-19(32)24(33)25(18)37-26(21)23/h10-15,29,33H,3-9H2,1-2H3,(H,30,34). The van der Waals surface area contributed by atoms with Crippen LogP contribution in [-0.2, 0) is 0 Å². The first-order valence-corrected chi connectivity index (χ1v) is 12.7. The Morgan fingerprint density at radius 2 is 1.73 bits per heavy atom. The van der Waals surface area contributed by atoms with Crippen molar-refractivity contribution < 1.29 is 19.0 Å². The molecule has 0 unspecified atom stereocenters. The van der Waals surface area contributed by atoms with Gasteiger partial charge in [0, 0.05) is 22.6 Å². The normalized spacial score (nSPS) is 15.3. The van der Waals surface area contributed by atoms with Gasteiger partial charge in [-0.2, -0.15) is 0 Å². The summed E-state index contributed by atoms with van der Waals surface area (Å²) in [4.78, 5) is 29.2. The van der Waals surface area contributed by atoms with Crippen LogP contribution >= 0.6 is 0 Å². The summed E-state index contributed by atoms with van der Waals surface area (Å²) in [5.74, 6) is 0.645. The quantitative estimate of drug-likeness (QED) is 0.294. The maximum absolute atomic E-state index is 13.6. The van der Waals surface area contributed by atoms with Crippen LogP contribution in [0.25, 0.3) is 44.2 Å². The molecule has 1 aliphatic carbocycles. The summed E-state index contributed by atoms with van der Waals surface area (Å²) in [5, 5.41) is 14.6. The largest absolute Gasteiger partial charge is 0.502 e. The molecule has 9 nitrogen and oxygen atoms in total. The van der Waals surface area contributed by atoms with Crippen LogP contribution in [0.5, 0.6) is 17.2 Å². The number of methoxy groups -OCH3 is 2. The van der Waals surface area contributed by atoms with Crippen molar-refractivity contribution in [2.45, 2.75) is 51.0 Å². The molecule has 3 N–H and O–H groups in total. The van der Waals surface area contributed by atoms with Crippen molar-refractivity contribution in [3.8, 4) is 28.4 Å². The Labute approximate surface area is 211 Å². The number of pyridine rings is 1. The Bertz CT molecular complexity index is 1750. The lowest BCUT2D eigenvalue weighted by atomic mass is 9.96. The van der Waals surface area contributed by atoms with E-state index < -0.39 is 11.2 Å². The minimum absolute atomic E-state index is 0.0778. The lowest BCUT2D eigenvalue weighted by molar-refractivity contribution is 0.353. The van der Waals surface area contributed by atoms with E-state index in [0.29, 0.717) is 50.1 Å². The lowest BCUT2D eigenvalue weighted by Gasteiger charge is -2.21. The molecule has 1 saturated carbocycles. The third-order valence-electron chi connectivity index (χ3n) is 7.56. The van der Waals surface area contributed by atoms with Gasteiger partial charge in [0.05, 0.1) is 31.2 Å². The number of benzene rings is 2. The average molecular weight is 504 g/mol. The van der Waals surface area contributed by atoms with Gasteiger partial charge >= 0.3 is 0 Å². The fraction of sp³-hybridized carbons (Fsp3) is 0.357. The number of rotatable bonds is 4. The molecule has 0 atom stereocenters. The first kappa shape index (κ1) is 23.3. The molecule has 2 aromatic carbocycles. The molecule has 0 amide bonds. The number of nitrogens with zero attached hydrogens (tertiary/aromatic N) is 1. The molecule has 0 saturated heterocycles. The number of hydrogen-bond donors (Lipinski definition) is 3. The summed E-state index contributed by atoms with van der Waals surface area (Å²) in [6.45, 7) is 0. The number of nitrogens with one attached hydrogen (secondary N) is 2. The van der Waals surface area contributed by atoms with Gasteiger partial charge in [-0.25, -0.2) is 0 Å². The average Bonchev–Trinajstić information content (AvgIpc) is 3.42. The number of aromatic nitrogens is 3. The Kier molecular flexibility index (Phi) is 5.70. The Morgan fingerprint density at radius 3 is 2.46 bits per heavy atom. The van der Waals surface area contributed by atoms with E-state index in [4.69, 9.17) is 13.9 Å². The zero-order valence-electron chi connectivity index (χ0n) is 20.8. The highest BCUT2D eigenvalue weighted by atomic mass is 16.5. The van der Waals surface area contributed by atoms with Gasteiger partial charge in [-0.3, -0.25) is 19.4 Å². The molecule has 0 radical (unpaired) electrons. The van der Waals surface area contributed by atoms with Crippen molar-refractivity contribution in [3.05, 3.63) is 50.9 Å². The molecule has 1 fully saturated rings. The summed E-state index contributed by atoms with van der Waals surface area (Å²) < 4.78 is 19.2. The number of fused-ring (bicyclic) bond motifs is 4. The molecule has 0 spiro atoms. The van der Waals surface area contributed by atoms with E-state index in [-0.39, 0.29) is 17.2 Å². The van der Waals surface area contributed by atoms with Gasteiger partial charge in [0.25, 0.3) is 5.56 Å². The van der Waals surface area contributed by atoms with Crippen LogP contribution in [0.1, 0.15) is 51.0 Å². The summed E-state index contributed by atoms with van der Waals surface area (Å²) in [6.07, 6.45) is 7.76. The Hall–Kier alpha value is -4.14. The number of H-pyrrole nitrogens is 2. The van der Waals surface area contributed by atoms with E-state index in [1.807, 2.05) is 10.7 Å². The summed E-state index contributed by atoms with van der Waals surface area (Å²) >= 11 is 0. The molecule has 9 heteroatoms. The first-order chi connectivity index (χ1) is 18.0. The zero-order chi connectivity index (χ0) is 25.7. The van der Waals surface area contributed by atoms with Crippen LogP contribution < -0.4 is 20.5 Å². The topological polar surface area (TPSA) is 122 Å². The minimum Gasteiger partial charge on any atom is -0.502 e. The van der Waals surface area contributed by atoms with Gasteiger partial charge in [0.2, 0.25) is 11.2 Å². The SMILES string of the molecule is COc1ccc(-c2c3oc4c(O)c(=O)ccc4c3[nH]c3c2c(=O)[nH]n3C2CCCCCCC2)c(OC)c1. The number of hydrogen-bond acceptors (Lipinski definition) is 6. The molecule has 192 valence electrons. The molecule has 3 heterocycles. The highest BCUT2D eigenvalue weighted by molar-refractivity contribution is 6.15. The van der Waals surface area contributed by atoms with Crippen LogP contribution in [0.3, 0.4) is 0 Å². The van der Waals surface area contributed by atoms with Crippen molar-refractivity contribution >= 4 is 33.1 Å². The van der Waals surface area contributed by atoms with Crippen molar-refractivity contribution in [2.75, 3.05) is 14.2 Å². The second-order valence-electron chi connectivity index (χ2n) is 9.69. The van der Waals surface area contributed by atoms with Crippen LogP contribution in [0.2, 0.25) is 0 Å². The van der Waals surface area contributed by atoms with Gasteiger partial charge in [0.15, 0.2) is 11.2 Å². The molecule has 37 heavy (non-hydrogen) atoms. The molecule has 0 aliphatic heterocycles. The number of phenolic OH excluding ortho intramolecular Hbond substituents is 1. The van der Waals surface area contributed by atoms with E-state index in [0.717, 1.165) is 25.7 Å². The molecule has 6 rings (SSSR count). The fourth-order valence-corrected chi connectivity index (χ4v) is 5.69. The highest BCUT2D eigenvalue weighted by Gasteiger charge is 2.27. The molecule has 3 aromatic heterocycles. The summed E-state index contributed by atoms with van der Waals surface area (Å²) in [5.41, 5.74) is 2.04. The van der Waals surface area contributed by atoms with Crippen LogP contribution in [0.4, 0.5) is 0 Å². The second-order valence-corrected chi connectivity index (χ2v) is 9.69. The maximum Gasteiger partial charge on any atom is 0.274 e. The second kappa shape index (κ2) is 9.06. The fourth-order valence-electron chi connectivity index (χ4n) is 5.69. The number of aromatic hydroxyl groups is 1. The predicted octanol–water partition coefficient (Wildman–Crippen LogP) is 5.59. The summed E-state index contributed by atoms with van der Waals surface area (Å²) in [6, 6.07) is 8.46. The molecule has 1 aliphatic rings. The lowest BCUT2D eigenvalue weighted by Crippen LogP contribution is -2.15. The van der Waals surface area contributed by atoms with Crippen LogP contribution in [0, 0.1) is 0 Å². The molecular formula is C28H29N3O6. The zero-order valence-corrected chi connectivity index (χ0v) is 20.8. The Morgan fingerprint density at radius 1 is 0.973 bits per heavy atom. The van der Waals surface area contributed by atoms with E-state index in [1.54, 1.807) is 32.4 Å². The van der Waals surface area contributed by atoms with E-state index in [9.17, 15) is 14.7 Å². The molecule has 0 bridgehead atoms. The van der Waals surface area contributed by atoms with Crippen LogP contribution in [-0.4, -0.2) is 34.1 Å². The van der Waals surface area contributed by atoms with Crippen LogP contribution in [0.15, 0.2) is 44.3 Å². The third kappa shape index (κ3) is 3.68. The minimum atomic E-state index is -0.531. The number of furan rings is 1.